The van der Waals surface area contributed by atoms with Crippen molar-refractivity contribution in [2.75, 3.05) is 25.5 Å². The molecule has 1 saturated carbocycles. The van der Waals surface area contributed by atoms with Gasteiger partial charge in [-0.2, -0.15) is 4.31 Å². The first-order chi connectivity index (χ1) is 11.1. The van der Waals surface area contributed by atoms with E-state index >= 15 is 0 Å². The largest absolute Gasteiger partial charge is 0.382 e. The van der Waals surface area contributed by atoms with Crippen LogP contribution >= 0.6 is 0 Å². The molecule has 23 heavy (non-hydrogen) atoms. The van der Waals surface area contributed by atoms with Crippen LogP contribution in [0.15, 0.2) is 29.2 Å². The minimum atomic E-state index is -3.37. The molecule has 1 aromatic carbocycles. The highest BCUT2D eigenvalue weighted by Crippen LogP contribution is 2.25. The Kier molecular flexibility index (Phi) is 5.24. The average molecular weight is 337 g/mol. The lowest BCUT2D eigenvalue weighted by atomic mass is 9.95. The fraction of sp³-hybridized carbons (Fsp3) is 0.647. The molecule has 0 spiro atoms. The van der Waals surface area contributed by atoms with Gasteiger partial charge in [0.25, 0.3) is 0 Å². The van der Waals surface area contributed by atoms with Gasteiger partial charge in [-0.25, -0.2) is 8.42 Å². The summed E-state index contributed by atoms with van der Waals surface area (Å²) in [6, 6.07) is 8.04. The SMILES string of the molecule is CNC1CCN(S(=O)(=O)c2ccc(NC3CCCCC3)cc2)C1. The molecule has 1 atom stereocenters. The average Bonchev–Trinajstić information content (AvgIpc) is 3.06. The summed E-state index contributed by atoms with van der Waals surface area (Å²) in [6.45, 7) is 1.15. The molecule has 128 valence electrons. The van der Waals surface area contributed by atoms with Crippen LogP contribution in [-0.2, 0) is 10.0 Å². The molecular weight excluding hydrogens is 310 g/mol. The summed E-state index contributed by atoms with van der Waals surface area (Å²) in [6.07, 6.45) is 7.19. The van der Waals surface area contributed by atoms with Crippen LogP contribution in [0.2, 0.25) is 0 Å². The van der Waals surface area contributed by atoms with Crippen molar-refractivity contribution in [2.45, 2.75) is 55.5 Å². The molecule has 2 N–H and O–H groups in total. The van der Waals surface area contributed by atoms with E-state index in [1.807, 2.05) is 19.2 Å². The molecule has 1 aromatic rings. The highest BCUT2D eigenvalue weighted by molar-refractivity contribution is 7.89. The van der Waals surface area contributed by atoms with E-state index in [1.165, 1.54) is 32.1 Å². The van der Waals surface area contributed by atoms with Crippen LogP contribution in [-0.4, -0.2) is 44.9 Å². The summed E-state index contributed by atoms with van der Waals surface area (Å²) in [5, 5.41) is 6.68. The van der Waals surface area contributed by atoms with Gasteiger partial charge in [0.05, 0.1) is 4.90 Å². The predicted octanol–water partition coefficient (Wildman–Crippen LogP) is 2.41. The maximum Gasteiger partial charge on any atom is 0.243 e. The molecule has 2 aliphatic rings. The van der Waals surface area contributed by atoms with Gasteiger partial charge in [-0.1, -0.05) is 19.3 Å². The van der Waals surface area contributed by atoms with E-state index in [0.717, 1.165) is 12.1 Å². The minimum absolute atomic E-state index is 0.261. The summed E-state index contributed by atoms with van der Waals surface area (Å²) in [5.41, 5.74) is 1.02. The maximum atomic E-state index is 12.7. The second-order valence-corrected chi connectivity index (χ2v) is 8.58. The zero-order valence-electron chi connectivity index (χ0n) is 13.8. The third kappa shape index (κ3) is 3.87. The Morgan fingerprint density at radius 2 is 1.70 bits per heavy atom. The topological polar surface area (TPSA) is 61.4 Å². The molecule has 0 amide bonds. The van der Waals surface area contributed by atoms with E-state index in [1.54, 1.807) is 16.4 Å². The Labute approximate surface area is 139 Å². The molecular formula is C17H27N3O2S. The van der Waals surface area contributed by atoms with Crippen molar-refractivity contribution in [3.63, 3.8) is 0 Å². The Morgan fingerprint density at radius 1 is 1.00 bits per heavy atom. The Balaban J connectivity index is 1.66. The first kappa shape index (κ1) is 16.7. The van der Waals surface area contributed by atoms with E-state index < -0.39 is 10.0 Å². The lowest BCUT2D eigenvalue weighted by Gasteiger charge is -2.24. The van der Waals surface area contributed by atoms with E-state index in [2.05, 4.69) is 10.6 Å². The van der Waals surface area contributed by atoms with Gasteiger partial charge in [-0.05, 0) is 50.6 Å². The van der Waals surface area contributed by atoms with Crippen LogP contribution in [0.25, 0.3) is 0 Å². The molecule has 2 fully saturated rings. The molecule has 1 saturated heterocycles. The lowest BCUT2D eigenvalue weighted by molar-refractivity contribution is 0.462. The fourth-order valence-corrected chi connectivity index (χ4v) is 5.04. The Morgan fingerprint density at radius 3 is 2.30 bits per heavy atom. The highest BCUT2D eigenvalue weighted by Gasteiger charge is 2.31. The number of hydrogen-bond donors (Lipinski definition) is 2. The molecule has 0 bridgehead atoms. The summed E-state index contributed by atoms with van der Waals surface area (Å²) in [7, 11) is -1.48. The standard InChI is InChI=1S/C17H27N3O2S/c1-18-16-11-12-20(13-16)23(21,22)17-9-7-15(8-10-17)19-14-5-3-2-4-6-14/h7-10,14,16,18-19H,2-6,11-13H2,1H3. The van der Waals surface area contributed by atoms with Gasteiger partial charge in [-0.15, -0.1) is 0 Å². The summed E-state index contributed by atoms with van der Waals surface area (Å²) in [4.78, 5) is 0.392. The third-order valence-corrected chi connectivity index (χ3v) is 6.91. The molecule has 5 nitrogen and oxygen atoms in total. The normalized spacial score (nSPS) is 24.0. The number of likely N-dealkylation sites (N-methyl/N-ethyl adjacent to an activating group) is 1. The zero-order chi connectivity index (χ0) is 16.3. The first-order valence-corrected chi connectivity index (χ1v) is 10.1. The number of hydrogen-bond acceptors (Lipinski definition) is 4. The van der Waals surface area contributed by atoms with E-state index in [-0.39, 0.29) is 6.04 Å². The van der Waals surface area contributed by atoms with E-state index in [0.29, 0.717) is 24.0 Å². The highest BCUT2D eigenvalue weighted by atomic mass is 32.2. The van der Waals surface area contributed by atoms with E-state index in [4.69, 9.17) is 0 Å². The Hall–Kier alpha value is -1.11. The van der Waals surface area contributed by atoms with Crippen LogP contribution in [0.5, 0.6) is 0 Å². The van der Waals surface area contributed by atoms with Crippen molar-refractivity contribution in [1.29, 1.82) is 0 Å². The Bertz CT molecular complexity index is 609. The van der Waals surface area contributed by atoms with Gasteiger partial charge in [0.2, 0.25) is 10.0 Å². The minimum Gasteiger partial charge on any atom is -0.382 e. The number of benzene rings is 1. The molecule has 1 aliphatic carbocycles. The van der Waals surface area contributed by atoms with Crippen molar-refractivity contribution in [1.82, 2.24) is 9.62 Å². The monoisotopic (exact) mass is 337 g/mol. The third-order valence-electron chi connectivity index (χ3n) is 5.03. The van der Waals surface area contributed by atoms with E-state index in [9.17, 15) is 8.42 Å². The first-order valence-electron chi connectivity index (χ1n) is 8.63. The van der Waals surface area contributed by atoms with Crippen LogP contribution in [0.3, 0.4) is 0 Å². The number of anilines is 1. The maximum absolute atomic E-state index is 12.7. The number of nitrogens with one attached hydrogen (secondary N) is 2. The van der Waals surface area contributed by atoms with Crippen LogP contribution in [0, 0.1) is 0 Å². The lowest BCUT2D eigenvalue weighted by Crippen LogP contribution is -2.33. The molecule has 0 radical (unpaired) electrons. The van der Waals surface area contributed by atoms with Gasteiger partial charge in [0.15, 0.2) is 0 Å². The van der Waals surface area contributed by atoms with Crippen molar-refractivity contribution in [2.24, 2.45) is 0 Å². The molecule has 1 heterocycles. The fourth-order valence-electron chi connectivity index (χ4n) is 3.54. The van der Waals surface area contributed by atoms with Crippen molar-refractivity contribution in [3.05, 3.63) is 24.3 Å². The van der Waals surface area contributed by atoms with Gasteiger partial charge in [-0.3, -0.25) is 0 Å². The predicted molar refractivity (Wildman–Crippen MR) is 93.2 cm³/mol. The molecule has 6 heteroatoms. The van der Waals surface area contributed by atoms with Gasteiger partial charge < -0.3 is 10.6 Å². The van der Waals surface area contributed by atoms with Crippen LogP contribution < -0.4 is 10.6 Å². The molecule has 1 unspecified atom stereocenters. The van der Waals surface area contributed by atoms with Crippen molar-refractivity contribution < 1.29 is 8.42 Å². The number of sulfonamides is 1. The smallest absolute Gasteiger partial charge is 0.243 e. The second kappa shape index (κ2) is 7.20. The molecule has 3 rings (SSSR count). The summed E-state index contributed by atoms with van der Waals surface area (Å²) >= 11 is 0. The van der Waals surface area contributed by atoms with Gasteiger partial charge in [0.1, 0.15) is 0 Å². The van der Waals surface area contributed by atoms with Gasteiger partial charge >= 0.3 is 0 Å². The summed E-state index contributed by atoms with van der Waals surface area (Å²) < 4.78 is 26.9. The van der Waals surface area contributed by atoms with Crippen molar-refractivity contribution in [3.8, 4) is 0 Å². The second-order valence-electron chi connectivity index (χ2n) is 6.64. The zero-order valence-corrected chi connectivity index (χ0v) is 14.6. The van der Waals surface area contributed by atoms with Crippen LogP contribution in [0.4, 0.5) is 5.69 Å². The number of nitrogens with zero attached hydrogens (tertiary/aromatic N) is 1. The van der Waals surface area contributed by atoms with Gasteiger partial charge in [0, 0.05) is 30.9 Å². The van der Waals surface area contributed by atoms with Crippen molar-refractivity contribution >= 4 is 15.7 Å². The molecule has 1 aliphatic heterocycles. The quantitative estimate of drug-likeness (QED) is 0.866. The summed E-state index contributed by atoms with van der Waals surface area (Å²) in [5.74, 6) is 0. The number of rotatable bonds is 5. The van der Waals surface area contributed by atoms with Crippen LogP contribution in [0.1, 0.15) is 38.5 Å². The molecule has 0 aromatic heterocycles.